The molecule has 29 heavy (non-hydrogen) atoms. The SMILES string of the molecule is CN=C(NCCCOCc1ccco1)NCc1ccc(-n2ccnc2)c(F)c1.I. The molecule has 0 unspecified atom stereocenters. The Balaban J connectivity index is 0.00000300. The topological polar surface area (TPSA) is 76.6 Å². The number of guanidine groups is 1. The Hall–Kier alpha value is -2.40. The number of hydrogen-bond acceptors (Lipinski definition) is 4. The van der Waals surface area contributed by atoms with Crippen molar-refractivity contribution in [2.24, 2.45) is 4.99 Å². The number of rotatable bonds is 9. The van der Waals surface area contributed by atoms with Crippen LogP contribution in [0.3, 0.4) is 0 Å². The highest BCUT2D eigenvalue weighted by molar-refractivity contribution is 14.0. The van der Waals surface area contributed by atoms with Gasteiger partial charge in [-0.25, -0.2) is 9.37 Å². The molecular formula is C20H25FIN5O2. The zero-order valence-electron chi connectivity index (χ0n) is 16.2. The second kappa shape index (κ2) is 12.2. The summed E-state index contributed by atoms with van der Waals surface area (Å²) in [5.41, 5.74) is 1.30. The summed E-state index contributed by atoms with van der Waals surface area (Å²) >= 11 is 0. The fourth-order valence-electron chi connectivity index (χ4n) is 2.63. The lowest BCUT2D eigenvalue weighted by Crippen LogP contribution is -2.37. The van der Waals surface area contributed by atoms with Gasteiger partial charge in [0.1, 0.15) is 18.2 Å². The average Bonchev–Trinajstić information content (AvgIpc) is 3.41. The van der Waals surface area contributed by atoms with Crippen LogP contribution >= 0.6 is 24.0 Å². The van der Waals surface area contributed by atoms with E-state index in [9.17, 15) is 4.39 Å². The van der Waals surface area contributed by atoms with Gasteiger partial charge < -0.3 is 24.4 Å². The molecule has 0 aliphatic rings. The average molecular weight is 513 g/mol. The first-order chi connectivity index (χ1) is 13.8. The van der Waals surface area contributed by atoms with Gasteiger partial charge in [-0.05, 0) is 36.2 Å². The van der Waals surface area contributed by atoms with E-state index in [1.54, 1.807) is 42.7 Å². The third-order valence-electron chi connectivity index (χ3n) is 4.06. The maximum atomic E-state index is 14.3. The molecule has 7 nitrogen and oxygen atoms in total. The van der Waals surface area contributed by atoms with E-state index >= 15 is 0 Å². The predicted octanol–water partition coefficient (Wildman–Crippen LogP) is 3.49. The molecule has 0 fully saturated rings. The highest BCUT2D eigenvalue weighted by Gasteiger charge is 2.06. The van der Waals surface area contributed by atoms with E-state index in [1.165, 1.54) is 6.07 Å². The summed E-state index contributed by atoms with van der Waals surface area (Å²) in [4.78, 5) is 8.11. The minimum Gasteiger partial charge on any atom is -0.467 e. The van der Waals surface area contributed by atoms with Gasteiger partial charge in [-0.3, -0.25) is 4.99 Å². The Morgan fingerprint density at radius 3 is 2.90 bits per heavy atom. The number of halogens is 2. The first-order valence-electron chi connectivity index (χ1n) is 9.07. The van der Waals surface area contributed by atoms with Crippen LogP contribution in [-0.4, -0.2) is 35.7 Å². The van der Waals surface area contributed by atoms with Crippen LogP contribution < -0.4 is 10.6 Å². The third-order valence-corrected chi connectivity index (χ3v) is 4.06. The van der Waals surface area contributed by atoms with E-state index in [1.807, 2.05) is 18.2 Å². The fraction of sp³-hybridized carbons (Fsp3) is 0.300. The van der Waals surface area contributed by atoms with Crippen molar-refractivity contribution >= 4 is 29.9 Å². The molecule has 2 heterocycles. The molecular weight excluding hydrogens is 488 g/mol. The lowest BCUT2D eigenvalue weighted by atomic mass is 10.2. The van der Waals surface area contributed by atoms with E-state index in [-0.39, 0.29) is 29.8 Å². The molecule has 0 saturated carbocycles. The van der Waals surface area contributed by atoms with Gasteiger partial charge in [-0.15, -0.1) is 24.0 Å². The van der Waals surface area contributed by atoms with E-state index < -0.39 is 0 Å². The van der Waals surface area contributed by atoms with Gasteiger partial charge in [0.05, 0.1) is 18.3 Å². The van der Waals surface area contributed by atoms with Crippen molar-refractivity contribution in [3.8, 4) is 5.69 Å². The Bertz CT molecular complexity index is 869. The summed E-state index contributed by atoms with van der Waals surface area (Å²) in [7, 11) is 1.70. The number of nitrogens with one attached hydrogen (secondary N) is 2. The maximum Gasteiger partial charge on any atom is 0.191 e. The van der Waals surface area contributed by atoms with Crippen LogP contribution in [-0.2, 0) is 17.9 Å². The number of hydrogen-bond donors (Lipinski definition) is 2. The highest BCUT2D eigenvalue weighted by Crippen LogP contribution is 2.14. The maximum absolute atomic E-state index is 14.3. The second-order valence-electron chi connectivity index (χ2n) is 6.09. The first-order valence-corrected chi connectivity index (χ1v) is 9.07. The summed E-state index contributed by atoms with van der Waals surface area (Å²) in [5, 5.41) is 6.39. The number of aromatic nitrogens is 2. The van der Waals surface area contributed by atoms with Crippen LogP contribution in [0.1, 0.15) is 17.7 Å². The standard InChI is InChI=1S/C20H24FN5O2.HI/c1-22-20(24-7-3-10-27-14-17-4-2-11-28-17)25-13-16-5-6-19(18(21)12-16)26-9-8-23-15-26;/h2,4-6,8-9,11-12,15H,3,7,10,13-14H2,1H3,(H2,22,24,25);1H. The molecule has 3 rings (SSSR count). The highest BCUT2D eigenvalue weighted by atomic mass is 127. The molecule has 0 aliphatic heterocycles. The molecule has 2 aromatic heterocycles. The number of benzene rings is 1. The Labute approximate surface area is 186 Å². The zero-order valence-corrected chi connectivity index (χ0v) is 18.5. The molecule has 0 spiro atoms. The lowest BCUT2D eigenvalue weighted by Gasteiger charge is -2.13. The molecule has 1 aromatic carbocycles. The first kappa shape index (κ1) is 22.9. The van der Waals surface area contributed by atoms with Crippen molar-refractivity contribution in [3.05, 3.63) is 72.5 Å². The largest absolute Gasteiger partial charge is 0.467 e. The van der Waals surface area contributed by atoms with E-state index in [0.29, 0.717) is 38.0 Å². The summed E-state index contributed by atoms with van der Waals surface area (Å²) in [6.45, 7) is 2.27. The smallest absolute Gasteiger partial charge is 0.191 e. The monoisotopic (exact) mass is 513 g/mol. The van der Waals surface area contributed by atoms with Gasteiger partial charge in [-0.2, -0.15) is 0 Å². The van der Waals surface area contributed by atoms with Crippen molar-refractivity contribution in [1.29, 1.82) is 0 Å². The van der Waals surface area contributed by atoms with Crippen molar-refractivity contribution < 1.29 is 13.5 Å². The van der Waals surface area contributed by atoms with Gasteiger partial charge >= 0.3 is 0 Å². The van der Waals surface area contributed by atoms with Gasteiger partial charge in [-0.1, -0.05) is 6.07 Å². The number of imidazole rings is 1. The van der Waals surface area contributed by atoms with Gasteiger partial charge in [0.2, 0.25) is 0 Å². The Morgan fingerprint density at radius 1 is 1.31 bits per heavy atom. The number of aliphatic imine (C=N–C) groups is 1. The number of nitrogens with zero attached hydrogens (tertiary/aromatic N) is 3. The molecule has 9 heteroatoms. The summed E-state index contributed by atoms with van der Waals surface area (Å²) < 4.78 is 26.7. The molecule has 0 amide bonds. The van der Waals surface area contributed by atoms with Crippen LogP contribution in [0.5, 0.6) is 0 Å². The molecule has 0 aliphatic carbocycles. The molecule has 3 aromatic rings. The van der Waals surface area contributed by atoms with Crippen LogP contribution in [0.25, 0.3) is 5.69 Å². The number of furan rings is 1. The molecule has 0 bridgehead atoms. The van der Waals surface area contributed by atoms with Crippen LogP contribution in [0, 0.1) is 5.82 Å². The summed E-state index contributed by atoms with van der Waals surface area (Å²) in [6.07, 6.45) is 7.36. The van der Waals surface area contributed by atoms with Crippen molar-refractivity contribution in [2.75, 3.05) is 20.2 Å². The molecule has 0 radical (unpaired) electrons. The normalized spacial score (nSPS) is 11.2. The quantitative estimate of drug-likeness (QED) is 0.198. The van der Waals surface area contributed by atoms with Crippen molar-refractivity contribution in [3.63, 3.8) is 0 Å². The summed E-state index contributed by atoms with van der Waals surface area (Å²) in [5.74, 6) is 1.18. The van der Waals surface area contributed by atoms with Crippen molar-refractivity contribution in [1.82, 2.24) is 20.2 Å². The molecule has 0 saturated heterocycles. The summed E-state index contributed by atoms with van der Waals surface area (Å²) in [6, 6.07) is 8.85. The lowest BCUT2D eigenvalue weighted by molar-refractivity contribution is 0.105. The Morgan fingerprint density at radius 2 is 2.21 bits per heavy atom. The van der Waals surface area contributed by atoms with E-state index in [2.05, 4.69) is 20.6 Å². The van der Waals surface area contributed by atoms with Crippen LogP contribution in [0.2, 0.25) is 0 Å². The fourth-order valence-corrected chi connectivity index (χ4v) is 2.63. The predicted molar refractivity (Wildman–Crippen MR) is 120 cm³/mol. The van der Waals surface area contributed by atoms with E-state index in [0.717, 1.165) is 17.7 Å². The van der Waals surface area contributed by atoms with Crippen LogP contribution in [0.15, 0.2) is 64.7 Å². The van der Waals surface area contributed by atoms with Crippen molar-refractivity contribution in [2.45, 2.75) is 19.6 Å². The third kappa shape index (κ3) is 7.17. The van der Waals surface area contributed by atoms with Gasteiger partial charge in [0, 0.05) is 39.1 Å². The molecule has 156 valence electrons. The molecule has 0 atom stereocenters. The zero-order chi connectivity index (χ0) is 19.6. The van der Waals surface area contributed by atoms with E-state index in [4.69, 9.17) is 9.15 Å². The number of ether oxygens (including phenoxy) is 1. The van der Waals surface area contributed by atoms with Gasteiger partial charge in [0.25, 0.3) is 0 Å². The van der Waals surface area contributed by atoms with Crippen LogP contribution in [0.4, 0.5) is 4.39 Å². The second-order valence-corrected chi connectivity index (χ2v) is 6.09. The molecule has 2 N–H and O–H groups in total. The minimum atomic E-state index is -0.297. The Kier molecular flexibility index (Phi) is 9.65. The van der Waals surface area contributed by atoms with Gasteiger partial charge in [0.15, 0.2) is 5.96 Å². The minimum absolute atomic E-state index is 0.